The number of hydrogen-bond donors (Lipinski definition) is 0. The summed E-state index contributed by atoms with van der Waals surface area (Å²) in [4.78, 5) is 32.0. The van der Waals surface area contributed by atoms with Gasteiger partial charge in [-0.2, -0.15) is 0 Å². The number of nitrogens with zero attached hydrogens (tertiary/aromatic N) is 2. The number of rotatable bonds is 2. The Morgan fingerprint density at radius 1 is 1.04 bits per heavy atom. The van der Waals surface area contributed by atoms with E-state index in [1.807, 2.05) is 0 Å². The molecule has 4 rings (SSSR count). The zero-order valence-electron chi connectivity index (χ0n) is 12.6. The molecule has 3 aliphatic rings. The molecule has 2 amide bonds. The monoisotopic (exact) mass is 316 g/mol. The summed E-state index contributed by atoms with van der Waals surface area (Å²) in [5, 5.41) is 3.93. The van der Waals surface area contributed by atoms with Crippen LogP contribution >= 0.6 is 0 Å². The highest BCUT2D eigenvalue weighted by Crippen LogP contribution is 2.36. The largest absolute Gasteiger partial charge is 0.381 e. The quantitative estimate of drug-likeness (QED) is 0.786. The van der Waals surface area contributed by atoms with Crippen LogP contribution in [0.4, 0.5) is 4.39 Å². The Bertz CT molecular complexity index is 680. The van der Waals surface area contributed by atoms with Crippen molar-refractivity contribution in [2.45, 2.75) is 44.2 Å². The van der Waals surface area contributed by atoms with Gasteiger partial charge in [-0.1, -0.05) is 36.6 Å². The van der Waals surface area contributed by atoms with Crippen molar-refractivity contribution in [2.24, 2.45) is 11.1 Å². The maximum absolute atomic E-state index is 13.1. The molecule has 2 atom stereocenters. The third-order valence-electron chi connectivity index (χ3n) is 4.93. The van der Waals surface area contributed by atoms with Crippen LogP contribution in [0.1, 0.15) is 37.7 Å². The van der Waals surface area contributed by atoms with Gasteiger partial charge < -0.3 is 4.84 Å². The fraction of sp³-hybridized carbons (Fsp3) is 0.471. The maximum atomic E-state index is 13.1. The molecule has 0 aromatic heterocycles. The minimum absolute atomic E-state index is 0.0209. The van der Waals surface area contributed by atoms with Gasteiger partial charge in [0.15, 0.2) is 0 Å². The van der Waals surface area contributed by atoms with Crippen LogP contribution in [0.3, 0.4) is 0 Å². The lowest BCUT2D eigenvalue weighted by Crippen LogP contribution is -2.43. The van der Waals surface area contributed by atoms with Crippen LogP contribution in [0.2, 0.25) is 0 Å². The van der Waals surface area contributed by atoms with E-state index in [9.17, 15) is 14.0 Å². The van der Waals surface area contributed by atoms with Gasteiger partial charge in [-0.25, -0.2) is 4.39 Å². The second-order valence-electron chi connectivity index (χ2n) is 6.33. The van der Waals surface area contributed by atoms with Crippen molar-refractivity contribution >= 4 is 17.5 Å². The van der Waals surface area contributed by atoms with E-state index in [0.717, 1.165) is 32.1 Å². The molecule has 6 heteroatoms. The van der Waals surface area contributed by atoms with Gasteiger partial charge in [0.1, 0.15) is 17.4 Å². The number of carbonyl (C=O) groups excluding carboxylic acids is 2. The van der Waals surface area contributed by atoms with Gasteiger partial charge in [0.05, 0.1) is 0 Å². The summed E-state index contributed by atoms with van der Waals surface area (Å²) >= 11 is 0. The van der Waals surface area contributed by atoms with E-state index in [1.165, 1.54) is 17.0 Å². The molecule has 23 heavy (non-hydrogen) atoms. The van der Waals surface area contributed by atoms with Gasteiger partial charge in [0.25, 0.3) is 5.91 Å². The Labute approximate surface area is 133 Å². The van der Waals surface area contributed by atoms with E-state index < -0.39 is 12.0 Å². The van der Waals surface area contributed by atoms with Crippen molar-refractivity contribution in [3.8, 4) is 0 Å². The highest BCUT2D eigenvalue weighted by molar-refractivity contribution is 6.23. The molecular weight excluding hydrogens is 299 g/mol. The minimum Gasteiger partial charge on any atom is -0.381 e. The van der Waals surface area contributed by atoms with E-state index in [1.54, 1.807) is 12.1 Å². The molecule has 0 N–H and O–H groups in total. The molecular formula is C17H17FN2O3. The van der Waals surface area contributed by atoms with Gasteiger partial charge in [-0.3, -0.25) is 14.5 Å². The molecule has 2 aliphatic heterocycles. The van der Waals surface area contributed by atoms with E-state index in [2.05, 4.69) is 5.16 Å². The number of amides is 2. The SMILES string of the molecule is O=C1C2ON=C(c3ccc(F)cc3)C2C(=O)N1C1CCCCC1. The number of benzene rings is 1. The first-order valence-corrected chi connectivity index (χ1v) is 8.03. The van der Waals surface area contributed by atoms with Gasteiger partial charge in [-0.05, 0) is 25.0 Å². The molecule has 0 bridgehead atoms. The first-order chi connectivity index (χ1) is 11.2. The van der Waals surface area contributed by atoms with E-state index in [0.29, 0.717) is 11.3 Å². The summed E-state index contributed by atoms with van der Waals surface area (Å²) in [6.45, 7) is 0. The third kappa shape index (κ3) is 2.24. The van der Waals surface area contributed by atoms with Crippen LogP contribution in [0.5, 0.6) is 0 Å². The predicted octanol–water partition coefficient (Wildman–Crippen LogP) is 2.25. The van der Waals surface area contributed by atoms with Crippen molar-refractivity contribution in [1.29, 1.82) is 0 Å². The van der Waals surface area contributed by atoms with Gasteiger partial charge in [0.2, 0.25) is 12.0 Å². The molecule has 0 radical (unpaired) electrons. The summed E-state index contributed by atoms with van der Waals surface area (Å²) < 4.78 is 13.1. The van der Waals surface area contributed by atoms with Crippen molar-refractivity contribution in [1.82, 2.24) is 4.90 Å². The van der Waals surface area contributed by atoms with Gasteiger partial charge >= 0.3 is 0 Å². The number of halogens is 1. The highest BCUT2D eigenvalue weighted by Gasteiger charge is 2.57. The first kappa shape index (κ1) is 14.4. The van der Waals surface area contributed by atoms with Crippen LogP contribution in [0.15, 0.2) is 29.4 Å². The summed E-state index contributed by atoms with van der Waals surface area (Å²) in [7, 11) is 0. The fourth-order valence-corrected chi connectivity index (χ4v) is 3.76. The molecule has 1 aromatic carbocycles. The molecule has 1 aromatic rings. The molecule has 2 unspecified atom stereocenters. The average molecular weight is 316 g/mol. The van der Waals surface area contributed by atoms with Crippen molar-refractivity contribution in [3.05, 3.63) is 35.6 Å². The van der Waals surface area contributed by atoms with Crippen LogP contribution in [0.25, 0.3) is 0 Å². The Kier molecular flexibility index (Phi) is 3.39. The summed E-state index contributed by atoms with van der Waals surface area (Å²) in [5.41, 5.74) is 1.04. The highest BCUT2D eigenvalue weighted by atomic mass is 19.1. The van der Waals surface area contributed by atoms with E-state index >= 15 is 0 Å². The molecule has 1 aliphatic carbocycles. The zero-order valence-corrected chi connectivity index (χ0v) is 12.6. The van der Waals surface area contributed by atoms with E-state index in [-0.39, 0.29) is 23.7 Å². The molecule has 120 valence electrons. The molecule has 1 saturated heterocycles. The second-order valence-corrected chi connectivity index (χ2v) is 6.33. The number of imide groups is 1. The molecule has 1 saturated carbocycles. The third-order valence-corrected chi connectivity index (χ3v) is 4.93. The zero-order chi connectivity index (χ0) is 16.0. The first-order valence-electron chi connectivity index (χ1n) is 8.03. The molecule has 5 nitrogen and oxygen atoms in total. The summed E-state index contributed by atoms with van der Waals surface area (Å²) in [5.74, 6) is -1.57. The summed E-state index contributed by atoms with van der Waals surface area (Å²) in [6.07, 6.45) is 4.09. The van der Waals surface area contributed by atoms with Crippen molar-refractivity contribution in [3.63, 3.8) is 0 Å². The van der Waals surface area contributed by atoms with Crippen LogP contribution in [0, 0.1) is 11.7 Å². The van der Waals surface area contributed by atoms with Gasteiger partial charge in [0, 0.05) is 11.6 Å². The number of fused-ring (bicyclic) bond motifs is 1. The Hall–Kier alpha value is -2.24. The molecule has 2 fully saturated rings. The molecule has 0 spiro atoms. The topological polar surface area (TPSA) is 59.0 Å². The number of oxime groups is 1. The lowest BCUT2D eigenvalue weighted by molar-refractivity contribution is -0.145. The lowest BCUT2D eigenvalue weighted by Gasteiger charge is -2.29. The maximum Gasteiger partial charge on any atom is 0.274 e. The standard InChI is InChI=1S/C17H17FN2O3/c18-11-8-6-10(7-9-11)14-13-15(23-19-14)17(22)20(16(13)21)12-4-2-1-3-5-12/h6-9,12-13,15H,1-5H2. The Morgan fingerprint density at radius 2 is 1.74 bits per heavy atom. The lowest BCUT2D eigenvalue weighted by atomic mass is 9.93. The predicted molar refractivity (Wildman–Crippen MR) is 80.0 cm³/mol. The Morgan fingerprint density at radius 3 is 2.43 bits per heavy atom. The number of likely N-dealkylation sites (tertiary alicyclic amines) is 1. The fourth-order valence-electron chi connectivity index (χ4n) is 3.76. The van der Waals surface area contributed by atoms with Crippen LogP contribution in [-0.2, 0) is 14.4 Å². The summed E-state index contributed by atoms with van der Waals surface area (Å²) in [6, 6.07) is 5.71. The smallest absolute Gasteiger partial charge is 0.274 e. The van der Waals surface area contributed by atoms with Crippen LogP contribution < -0.4 is 0 Å². The molecule has 2 heterocycles. The van der Waals surface area contributed by atoms with Crippen LogP contribution in [-0.4, -0.2) is 34.6 Å². The normalized spacial score (nSPS) is 27.9. The number of hydrogen-bond acceptors (Lipinski definition) is 4. The van der Waals surface area contributed by atoms with Crippen molar-refractivity contribution < 1.29 is 18.8 Å². The Balaban J connectivity index is 1.62. The van der Waals surface area contributed by atoms with Gasteiger partial charge in [-0.15, -0.1) is 0 Å². The van der Waals surface area contributed by atoms with E-state index in [4.69, 9.17) is 4.84 Å². The second kappa shape index (κ2) is 5.44. The number of carbonyl (C=O) groups is 2. The average Bonchev–Trinajstić information content (AvgIpc) is 3.10. The van der Waals surface area contributed by atoms with Crippen molar-refractivity contribution in [2.75, 3.05) is 0 Å². The minimum atomic E-state index is -0.857.